The first-order valence-corrected chi connectivity index (χ1v) is 7.02. The molecule has 0 spiro atoms. The first kappa shape index (κ1) is 12.9. The van der Waals surface area contributed by atoms with Crippen LogP contribution in [0, 0.1) is 6.92 Å². The second-order valence-corrected chi connectivity index (χ2v) is 5.19. The van der Waals surface area contributed by atoms with Gasteiger partial charge in [0.25, 0.3) is 0 Å². The van der Waals surface area contributed by atoms with E-state index in [4.69, 9.17) is 4.74 Å². The van der Waals surface area contributed by atoms with Gasteiger partial charge in [0.2, 0.25) is 0 Å². The highest BCUT2D eigenvalue weighted by Crippen LogP contribution is 2.42. The average molecular weight is 270 g/mol. The summed E-state index contributed by atoms with van der Waals surface area (Å²) < 4.78 is 7.00. The van der Waals surface area contributed by atoms with Crippen LogP contribution in [0.15, 0.2) is 30.5 Å². The maximum absolute atomic E-state index is 12.0. The first-order valence-electron chi connectivity index (χ1n) is 7.02. The van der Waals surface area contributed by atoms with Crippen molar-refractivity contribution in [3.05, 3.63) is 47.3 Å². The predicted molar refractivity (Wildman–Crippen MR) is 76.2 cm³/mol. The Balaban J connectivity index is 2.03. The molecular weight excluding hydrogens is 252 g/mol. The fraction of sp³-hybridized carbons (Fsp3) is 0.375. The van der Waals surface area contributed by atoms with Crippen molar-refractivity contribution in [3.8, 4) is 5.69 Å². The van der Waals surface area contributed by atoms with Gasteiger partial charge in [-0.3, -0.25) is 0 Å². The fourth-order valence-electron chi connectivity index (χ4n) is 2.37. The molecule has 0 unspecified atom stereocenters. The summed E-state index contributed by atoms with van der Waals surface area (Å²) in [4.78, 5) is 12.0. The molecule has 4 nitrogen and oxygen atoms in total. The molecule has 0 bridgehead atoms. The topological polar surface area (TPSA) is 44.1 Å². The summed E-state index contributed by atoms with van der Waals surface area (Å²) in [7, 11) is 0. The lowest BCUT2D eigenvalue weighted by atomic mass is 10.1. The maximum atomic E-state index is 12.0. The molecule has 1 aromatic heterocycles. The first-order chi connectivity index (χ1) is 9.70. The van der Waals surface area contributed by atoms with Gasteiger partial charge in [0.15, 0.2) is 0 Å². The number of esters is 1. The van der Waals surface area contributed by atoms with Crippen LogP contribution < -0.4 is 0 Å². The molecule has 0 amide bonds. The van der Waals surface area contributed by atoms with Crippen molar-refractivity contribution in [2.24, 2.45) is 0 Å². The monoisotopic (exact) mass is 270 g/mol. The molecule has 4 heteroatoms. The van der Waals surface area contributed by atoms with Gasteiger partial charge in [-0.05, 0) is 38.8 Å². The number of rotatable bonds is 4. The smallest absolute Gasteiger partial charge is 0.341 e. The van der Waals surface area contributed by atoms with Crippen LogP contribution in [-0.4, -0.2) is 22.4 Å². The molecule has 1 aliphatic carbocycles. The molecule has 0 radical (unpaired) electrons. The molecule has 0 atom stereocenters. The molecule has 1 aromatic carbocycles. The Morgan fingerprint density at radius 1 is 1.35 bits per heavy atom. The highest BCUT2D eigenvalue weighted by Gasteiger charge is 2.33. The van der Waals surface area contributed by atoms with Crippen LogP contribution in [0.1, 0.15) is 47.3 Å². The van der Waals surface area contributed by atoms with E-state index in [2.05, 4.69) is 24.2 Å². The Morgan fingerprint density at radius 2 is 2.05 bits per heavy atom. The summed E-state index contributed by atoms with van der Waals surface area (Å²) in [6.07, 6.45) is 3.86. The van der Waals surface area contributed by atoms with Gasteiger partial charge >= 0.3 is 5.97 Å². The zero-order valence-corrected chi connectivity index (χ0v) is 11.8. The summed E-state index contributed by atoms with van der Waals surface area (Å²) in [6.45, 7) is 4.26. The lowest BCUT2D eigenvalue weighted by molar-refractivity contribution is 0.0525. The van der Waals surface area contributed by atoms with E-state index in [9.17, 15) is 4.79 Å². The normalized spacial score (nSPS) is 14.3. The predicted octanol–water partition coefficient (Wildman–Crippen LogP) is 3.23. The fourth-order valence-corrected chi connectivity index (χ4v) is 2.37. The van der Waals surface area contributed by atoms with Crippen LogP contribution in [0.5, 0.6) is 0 Å². The third kappa shape index (κ3) is 2.33. The summed E-state index contributed by atoms with van der Waals surface area (Å²) in [6, 6.07) is 8.17. The number of aromatic nitrogens is 2. The van der Waals surface area contributed by atoms with Crippen molar-refractivity contribution in [1.82, 2.24) is 9.78 Å². The van der Waals surface area contributed by atoms with Crippen molar-refractivity contribution in [2.75, 3.05) is 6.61 Å². The minimum absolute atomic E-state index is 0.271. The van der Waals surface area contributed by atoms with Crippen molar-refractivity contribution in [2.45, 2.75) is 32.6 Å². The van der Waals surface area contributed by atoms with Crippen LogP contribution >= 0.6 is 0 Å². The van der Waals surface area contributed by atoms with E-state index in [-0.39, 0.29) is 5.97 Å². The van der Waals surface area contributed by atoms with Crippen LogP contribution in [0.2, 0.25) is 0 Å². The number of carbonyl (C=O) groups is 1. The van der Waals surface area contributed by atoms with Crippen LogP contribution in [-0.2, 0) is 4.74 Å². The van der Waals surface area contributed by atoms with Crippen molar-refractivity contribution in [3.63, 3.8) is 0 Å². The quantitative estimate of drug-likeness (QED) is 0.801. The Kier molecular flexibility index (Phi) is 3.30. The van der Waals surface area contributed by atoms with Gasteiger partial charge in [-0.25, -0.2) is 9.48 Å². The second-order valence-electron chi connectivity index (χ2n) is 5.19. The molecular formula is C16H18N2O2. The van der Waals surface area contributed by atoms with Gasteiger partial charge in [-0.2, -0.15) is 5.10 Å². The van der Waals surface area contributed by atoms with Crippen molar-refractivity contribution in [1.29, 1.82) is 0 Å². The molecule has 1 saturated carbocycles. The van der Waals surface area contributed by atoms with Gasteiger partial charge < -0.3 is 4.74 Å². The molecule has 1 aliphatic rings. The van der Waals surface area contributed by atoms with Crippen LogP contribution in [0.3, 0.4) is 0 Å². The highest BCUT2D eigenvalue weighted by molar-refractivity contribution is 5.91. The van der Waals surface area contributed by atoms with Crippen LogP contribution in [0.4, 0.5) is 0 Å². The number of hydrogen-bond acceptors (Lipinski definition) is 3. The Morgan fingerprint density at radius 3 is 2.65 bits per heavy atom. The molecule has 3 rings (SSSR count). The van der Waals surface area contributed by atoms with E-state index in [1.54, 1.807) is 6.20 Å². The Bertz CT molecular complexity index is 624. The van der Waals surface area contributed by atoms with E-state index in [0.717, 1.165) is 24.2 Å². The second kappa shape index (κ2) is 5.12. The number of hydrogen-bond donors (Lipinski definition) is 0. The van der Waals surface area contributed by atoms with E-state index in [1.807, 2.05) is 23.7 Å². The van der Waals surface area contributed by atoms with Crippen molar-refractivity contribution < 1.29 is 9.53 Å². The van der Waals surface area contributed by atoms with Gasteiger partial charge in [0.1, 0.15) is 5.56 Å². The number of aryl methyl sites for hydroxylation is 1. The standard InChI is InChI=1S/C16H18N2O2/c1-3-20-16(19)14-10-17-18(15(14)12-6-7-12)13-8-4-11(2)5-9-13/h4-5,8-10,12H,3,6-7H2,1-2H3. The summed E-state index contributed by atoms with van der Waals surface area (Å²) in [5.41, 5.74) is 3.80. The zero-order valence-electron chi connectivity index (χ0n) is 11.8. The molecule has 20 heavy (non-hydrogen) atoms. The average Bonchev–Trinajstić information content (AvgIpc) is 3.19. The minimum Gasteiger partial charge on any atom is -0.462 e. The number of ether oxygens (including phenoxy) is 1. The lowest BCUT2D eigenvalue weighted by Crippen LogP contribution is -2.09. The Labute approximate surface area is 118 Å². The highest BCUT2D eigenvalue weighted by atomic mass is 16.5. The third-order valence-corrected chi connectivity index (χ3v) is 3.54. The third-order valence-electron chi connectivity index (χ3n) is 3.54. The number of carbonyl (C=O) groups excluding carboxylic acids is 1. The van der Waals surface area contributed by atoms with Crippen LogP contribution in [0.25, 0.3) is 5.69 Å². The molecule has 1 heterocycles. The largest absolute Gasteiger partial charge is 0.462 e. The van der Waals surface area contributed by atoms with Gasteiger partial charge in [0.05, 0.1) is 24.2 Å². The molecule has 0 N–H and O–H groups in total. The number of benzene rings is 1. The molecule has 1 fully saturated rings. The van der Waals surface area contributed by atoms with Gasteiger partial charge in [-0.1, -0.05) is 17.7 Å². The molecule has 0 aliphatic heterocycles. The van der Waals surface area contributed by atoms with E-state index < -0.39 is 0 Å². The summed E-state index contributed by atoms with van der Waals surface area (Å²) >= 11 is 0. The van der Waals surface area contributed by atoms with Crippen molar-refractivity contribution >= 4 is 5.97 Å². The number of nitrogens with zero attached hydrogens (tertiary/aromatic N) is 2. The zero-order chi connectivity index (χ0) is 14.1. The Hall–Kier alpha value is -2.10. The van der Waals surface area contributed by atoms with Gasteiger partial charge in [0, 0.05) is 5.92 Å². The SMILES string of the molecule is CCOC(=O)c1cnn(-c2ccc(C)cc2)c1C1CC1. The molecule has 2 aromatic rings. The van der Waals surface area contributed by atoms with E-state index in [1.165, 1.54) is 5.56 Å². The van der Waals surface area contributed by atoms with Gasteiger partial charge in [-0.15, -0.1) is 0 Å². The lowest BCUT2D eigenvalue weighted by Gasteiger charge is -2.09. The minimum atomic E-state index is -0.271. The van der Waals surface area contributed by atoms with E-state index in [0.29, 0.717) is 18.1 Å². The summed E-state index contributed by atoms with van der Waals surface area (Å²) in [5, 5.41) is 4.40. The van der Waals surface area contributed by atoms with E-state index >= 15 is 0 Å². The molecule has 104 valence electrons. The maximum Gasteiger partial charge on any atom is 0.341 e. The molecule has 0 saturated heterocycles. The summed E-state index contributed by atoms with van der Waals surface area (Å²) in [5.74, 6) is 0.158.